The van der Waals surface area contributed by atoms with Gasteiger partial charge in [0.25, 0.3) is 0 Å². The third kappa shape index (κ3) is 5.63. The first-order chi connectivity index (χ1) is 18.3. The van der Waals surface area contributed by atoms with Gasteiger partial charge in [0.05, 0.1) is 22.2 Å². The minimum absolute atomic E-state index is 0.0136. The van der Waals surface area contributed by atoms with Gasteiger partial charge < -0.3 is 15.0 Å². The number of aryl methyl sites for hydroxylation is 2. The number of aliphatic hydroxyl groups excluding tert-OH is 1. The molecular weight excluding hydrogens is 501 g/mol. The summed E-state index contributed by atoms with van der Waals surface area (Å²) in [4.78, 5) is 0.636. The molecule has 1 fully saturated rings. The summed E-state index contributed by atoms with van der Waals surface area (Å²) in [6.45, 7) is 2.20. The van der Waals surface area contributed by atoms with E-state index in [1.54, 1.807) is 4.57 Å². The van der Waals surface area contributed by atoms with E-state index in [0.29, 0.717) is 22.7 Å². The third-order valence-corrected chi connectivity index (χ3v) is 9.69. The summed E-state index contributed by atoms with van der Waals surface area (Å²) in [5, 5.41) is 23.4. The van der Waals surface area contributed by atoms with Gasteiger partial charge in [-0.1, -0.05) is 37.3 Å². The van der Waals surface area contributed by atoms with Crippen LogP contribution in [0, 0.1) is 23.1 Å². The highest BCUT2D eigenvalue weighted by Gasteiger charge is 2.35. The van der Waals surface area contributed by atoms with Crippen molar-refractivity contribution in [2.24, 2.45) is 17.3 Å². The molecule has 0 radical (unpaired) electrons. The average molecular weight is 536 g/mol. The van der Waals surface area contributed by atoms with E-state index >= 15 is 0 Å². The quantitative estimate of drug-likeness (QED) is 0.344. The van der Waals surface area contributed by atoms with Crippen molar-refractivity contribution in [3.8, 4) is 6.07 Å². The van der Waals surface area contributed by atoms with Crippen molar-refractivity contribution in [2.75, 3.05) is 5.32 Å². The molecule has 38 heavy (non-hydrogen) atoms. The Morgan fingerprint density at radius 3 is 2.74 bits per heavy atom. The number of nitrogens with zero attached hydrogens (tertiary/aromatic N) is 3. The SMILES string of the molecule is CC(CCc1ccccc1)[C@H]1CCc2c(cn(C)c2C(O)Nc2ccc(F)c(C#N)c2)S(=O)(=NC2CC2)N1. The Bertz CT molecular complexity index is 1470. The van der Waals surface area contributed by atoms with Gasteiger partial charge in [0, 0.05) is 25.0 Å². The molecule has 3 unspecified atom stereocenters. The van der Waals surface area contributed by atoms with E-state index < -0.39 is 22.0 Å². The van der Waals surface area contributed by atoms with E-state index in [1.165, 1.54) is 23.8 Å². The van der Waals surface area contributed by atoms with Crippen LogP contribution in [0.3, 0.4) is 0 Å². The maximum absolute atomic E-state index is 14.5. The van der Waals surface area contributed by atoms with Crippen LogP contribution in [-0.4, -0.2) is 26.0 Å². The second-order valence-corrected chi connectivity index (χ2v) is 12.4. The first kappa shape index (κ1) is 26.4. The molecule has 0 bridgehead atoms. The zero-order valence-electron chi connectivity index (χ0n) is 21.7. The van der Waals surface area contributed by atoms with Gasteiger partial charge in [-0.25, -0.2) is 17.7 Å². The first-order valence-electron chi connectivity index (χ1n) is 13.2. The van der Waals surface area contributed by atoms with Gasteiger partial charge in [-0.3, -0.25) is 0 Å². The van der Waals surface area contributed by atoms with E-state index in [2.05, 4.69) is 41.2 Å². The highest BCUT2D eigenvalue weighted by molar-refractivity contribution is 7.91. The molecule has 5 rings (SSSR count). The van der Waals surface area contributed by atoms with Crippen molar-refractivity contribution in [3.63, 3.8) is 0 Å². The number of hydrogen-bond donors (Lipinski definition) is 3. The number of nitrogens with one attached hydrogen (secondary N) is 2. The summed E-state index contributed by atoms with van der Waals surface area (Å²) in [7, 11) is -1.08. The minimum Gasteiger partial charge on any atom is -0.368 e. The number of fused-ring (bicyclic) bond motifs is 1. The largest absolute Gasteiger partial charge is 0.368 e. The van der Waals surface area contributed by atoms with Crippen LogP contribution in [0.4, 0.5) is 10.1 Å². The Labute approximate surface area is 224 Å². The summed E-state index contributed by atoms with van der Waals surface area (Å²) in [5.74, 6) is -0.335. The predicted octanol–water partition coefficient (Wildman–Crippen LogP) is 5.22. The molecule has 3 aromatic rings. The number of rotatable bonds is 8. The molecule has 1 saturated carbocycles. The van der Waals surface area contributed by atoms with Crippen LogP contribution in [0.25, 0.3) is 0 Å². The van der Waals surface area contributed by atoms with Crippen molar-refractivity contribution >= 4 is 15.6 Å². The fourth-order valence-corrected chi connectivity index (χ4v) is 7.72. The molecule has 0 saturated heterocycles. The fraction of sp³-hybridized carbons (Fsp3) is 0.414. The van der Waals surface area contributed by atoms with Crippen LogP contribution in [0.5, 0.6) is 0 Å². The zero-order chi connectivity index (χ0) is 26.9. The molecular formula is C29H34FN5O2S. The Morgan fingerprint density at radius 2 is 2.03 bits per heavy atom. The summed E-state index contributed by atoms with van der Waals surface area (Å²) in [6.07, 6.45) is 5.88. The summed E-state index contributed by atoms with van der Waals surface area (Å²) in [6, 6.07) is 16.4. The van der Waals surface area contributed by atoms with Crippen molar-refractivity contribution in [2.45, 2.75) is 68.7 Å². The van der Waals surface area contributed by atoms with Gasteiger partial charge in [0.1, 0.15) is 21.8 Å². The van der Waals surface area contributed by atoms with Gasteiger partial charge in [0.2, 0.25) is 0 Å². The molecule has 7 nitrogen and oxygen atoms in total. The van der Waals surface area contributed by atoms with Crippen LogP contribution in [-0.2, 0) is 29.8 Å². The topological polar surface area (TPSA) is 102 Å². The number of anilines is 1. The van der Waals surface area contributed by atoms with Crippen molar-refractivity contribution in [3.05, 3.63) is 82.9 Å². The molecule has 200 valence electrons. The average Bonchev–Trinajstić information content (AvgIpc) is 3.67. The molecule has 2 aliphatic rings. The molecule has 1 aliphatic carbocycles. The number of nitriles is 1. The Morgan fingerprint density at radius 1 is 1.26 bits per heavy atom. The van der Waals surface area contributed by atoms with E-state index in [9.17, 15) is 13.7 Å². The van der Waals surface area contributed by atoms with Crippen LogP contribution in [0.2, 0.25) is 0 Å². The Kier molecular flexibility index (Phi) is 7.57. The highest BCUT2D eigenvalue weighted by Crippen LogP contribution is 2.36. The van der Waals surface area contributed by atoms with Gasteiger partial charge in [-0.05, 0) is 73.8 Å². The molecule has 2 aromatic carbocycles. The maximum atomic E-state index is 14.5. The van der Waals surface area contributed by atoms with Crippen LogP contribution in [0.1, 0.15) is 61.2 Å². The minimum atomic E-state index is -2.90. The highest BCUT2D eigenvalue weighted by atomic mass is 32.2. The Balaban J connectivity index is 1.42. The van der Waals surface area contributed by atoms with Crippen LogP contribution < -0.4 is 10.0 Å². The predicted molar refractivity (Wildman–Crippen MR) is 146 cm³/mol. The number of aliphatic hydroxyl groups is 1. The lowest BCUT2D eigenvalue weighted by molar-refractivity contribution is 0.198. The molecule has 0 amide bonds. The van der Waals surface area contributed by atoms with Gasteiger partial charge >= 0.3 is 0 Å². The van der Waals surface area contributed by atoms with E-state index in [-0.39, 0.29) is 23.6 Å². The molecule has 3 N–H and O–H groups in total. The van der Waals surface area contributed by atoms with E-state index in [1.807, 2.05) is 25.4 Å². The number of hydrogen-bond acceptors (Lipinski definition) is 5. The van der Waals surface area contributed by atoms with Gasteiger partial charge in [-0.2, -0.15) is 5.26 Å². The van der Waals surface area contributed by atoms with Crippen molar-refractivity contribution in [1.29, 1.82) is 5.26 Å². The molecule has 1 aromatic heterocycles. The molecule has 1 aliphatic heterocycles. The zero-order valence-corrected chi connectivity index (χ0v) is 22.5. The number of benzene rings is 2. The second-order valence-electron chi connectivity index (χ2n) is 10.4. The standard InChI is InChI=1S/C29H34FN5O2S/c1-19(8-9-20-6-4-3-5-7-20)26-15-13-24-27(38(37,34-26)33-22-10-11-22)18-35(2)28(24)29(36)32-23-12-14-25(30)21(16-23)17-31/h3-7,12,14,16,18-19,22,26,29,32,36H,8-11,13,15H2,1-2H3,(H,33,34,37)/t19?,26-,29?,38?/m1/s1. The van der Waals surface area contributed by atoms with Gasteiger partial charge in [-0.15, -0.1) is 0 Å². The normalized spacial score (nSPS) is 22.6. The second kappa shape index (κ2) is 10.9. The third-order valence-electron chi connectivity index (χ3n) is 7.52. The van der Waals surface area contributed by atoms with Crippen LogP contribution >= 0.6 is 0 Å². The lowest BCUT2D eigenvalue weighted by Gasteiger charge is -2.25. The summed E-state index contributed by atoms with van der Waals surface area (Å²) < 4.78 is 38.3. The molecule has 9 heteroatoms. The molecule has 0 spiro atoms. The summed E-state index contributed by atoms with van der Waals surface area (Å²) >= 11 is 0. The van der Waals surface area contributed by atoms with Crippen molar-refractivity contribution < 1.29 is 13.7 Å². The van der Waals surface area contributed by atoms with Gasteiger partial charge in [0.15, 0.2) is 6.23 Å². The summed E-state index contributed by atoms with van der Waals surface area (Å²) in [5.41, 5.74) is 3.04. The number of halogens is 1. The smallest absolute Gasteiger partial charge is 0.166 e. The fourth-order valence-electron chi connectivity index (χ4n) is 5.18. The lowest BCUT2D eigenvalue weighted by atomic mass is 9.91. The monoisotopic (exact) mass is 535 g/mol. The van der Waals surface area contributed by atoms with Crippen molar-refractivity contribution in [1.82, 2.24) is 9.29 Å². The molecule has 2 heterocycles. The maximum Gasteiger partial charge on any atom is 0.166 e. The number of aromatic nitrogens is 1. The molecule has 4 atom stereocenters. The van der Waals surface area contributed by atoms with E-state index in [4.69, 9.17) is 9.62 Å². The Hall–Kier alpha value is -3.19. The van der Waals surface area contributed by atoms with Crippen LogP contribution in [0.15, 0.2) is 64.0 Å². The first-order valence-corrected chi connectivity index (χ1v) is 14.7. The van der Waals surface area contributed by atoms with E-state index in [0.717, 1.165) is 37.7 Å². The lowest BCUT2D eigenvalue weighted by Crippen LogP contribution is -2.38.